The molecule has 1 aromatic carbocycles. The zero-order valence-electron chi connectivity index (χ0n) is 16.7. The van der Waals surface area contributed by atoms with E-state index in [1.165, 1.54) is 0 Å². The fourth-order valence-electron chi connectivity index (χ4n) is 3.62. The third-order valence-electron chi connectivity index (χ3n) is 5.19. The molecule has 3 rings (SSSR count). The topological polar surface area (TPSA) is 101 Å². The fraction of sp³-hybridized carbons (Fsp3) is 0.429. The molecule has 5 N–H and O–H groups in total. The monoisotopic (exact) mass is 382 g/mol. The number of nitrogens with zero attached hydrogens (tertiary/aromatic N) is 3. The van der Waals surface area contributed by atoms with Crippen LogP contribution < -0.4 is 26.6 Å². The maximum Gasteiger partial charge on any atom is 0.252 e. The van der Waals surface area contributed by atoms with Crippen LogP contribution in [0.5, 0.6) is 0 Å². The molecule has 1 amide bonds. The number of rotatable bonds is 7. The molecule has 1 aliphatic rings. The van der Waals surface area contributed by atoms with Crippen molar-refractivity contribution < 1.29 is 4.79 Å². The molecular formula is C21H30N6O. The standard InChI is InChI=1S/C21H30N6O/c1-3-26(4-2)17-9-7-16(8-10-17)24-21-18(20(23)28)11-12-19(25-21)27-13-5-6-15(22)14-27/h7-12,15H,3-6,13-14,22H2,1-2H3,(H2,23,28)(H,24,25)/t15-/m1/s1. The lowest BCUT2D eigenvalue weighted by Crippen LogP contribution is -2.43. The van der Waals surface area contributed by atoms with Gasteiger partial charge in [0.2, 0.25) is 0 Å². The van der Waals surface area contributed by atoms with Gasteiger partial charge in [-0.1, -0.05) is 0 Å². The Morgan fingerprint density at radius 1 is 1.21 bits per heavy atom. The zero-order valence-corrected chi connectivity index (χ0v) is 16.7. The van der Waals surface area contributed by atoms with Crippen LogP contribution in [0.1, 0.15) is 37.0 Å². The number of nitrogens with one attached hydrogen (secondary N) is 1. The smallest absolute Gasteiger partial charge is 0.252 e. The maximum atomic E-state index is 11.9. The number of aromatic nitrogens is 1. The van der Waals surface area contributed by atoms with Crippen molar-refractivity contribution in [1.82, 2.24) is 4.98 Å². The Bertz CT molecular complexity index is 803. The number of anilines is 4. The number of pyridine rings is 1. The molecule has 0 unspecified atom stereocenters. The molecule has 0 saturated carbocycles. The molecule has 1 aromatic heterocycles. The summed E-state index contributed by atoms with van der Waals surface area (Å²) in [5, 5.41) is 3.26. The van der Waals surface area contributed by atoms with E-state index in [4.69, 9.17) is 11.5 Å². The van der Waals surface area contributed by atoms with Crippen LogP contribution in [0.2, 0.25) is 0 Å². The molecule has 1 aliphatic heterocycles. The van der Waals surface area contributed by atoms with Crippen molar-refractivity contribution in [3.8, 4) is 0 Å². The zero-order chi connectivity index (χ0) is 20.1. The fourth-order valence-corrected chi connectivity index (χ4v) is 3.62. The molecule has 1 fully saturated rings. The van der Waals surface area contributed by atoms with Crippen molar-refractivity contribution >= 4 is 28.9 Å². The van der Waals surface area contributed by atoms with Crippen molar-refractivity contribution in [2.75, 3.05) is 41.3 Å². The van der Waals surface area contributed by atoms with Gasteiger partial charge in [-0.15, -0.1) is 0 Å². The summed E-state index contributed by atoms with van der Waals surface area (Å²) in [6.45, 7) is 7.86. The summed E-state index contributed by atoms with van der Waals surface area (Å²) >= 11 is 0. The Morgan fingerprint density at radius 2 is 1.93 bits per heavy atom. The molecule has 2 heterocycles. The predicted molar refractivity (Wildman–Crippen MR) is 115 cm³/mol. The van der Waals surface area contributed by atoms with Crippen LogP contribution in [0.3, 0.4) is 0 Å². The van der Waals surface area contributed by atoms with Crippen molar-refractivity contribution in [1.29, 1.82) is 0 Å². The summed E-state index contributed by atoms with van der Waals surface area (Å²) in [5.41, 5.74) is 14.1. The van der Waals surface area contributed by atoms with E-state index in [0.29, 0.717) is 11.4 Å². The van der Waals surface area contributed by atoms with E-state index in [2.05, 4.69) is 46.1 Å². The molecular weight excluding hydrogens is 352 g/mol. The molecule has 1 saturated heterocycles. The van der Waals surface area contributed by atoms with E-state index >= 15 is 0 Å². The van der Waals surface area contributed by atoms with E-state index in [-0.39, 0.29) is 6.04 Å². The lowest BCUT2D eigenvalue weighted by molar-refractivity contribution is 0.100. The molecule has 7 nitrogen and oxygen atoms in total. The largest absolute Gasteiger partial charge is 0.372 e. The number of amides is 1. The second-order valence-corrected chi connectivity index (χ2v) is 7.12. The van der Waals surface area contributed by atoms with Crippen LogP contribution in [0.4, 0.5) is 23.0 Å². The molecule has 1 atom stereocenters. The van der Waals surface area contributed by atoms with E-state index in [1.807, 2.05) is 18.2 Å². The molecule has 0 radical (unpaired) electrons. The first-order valence-electron chi connectivity index (χ1n) is 9.95. The van der Waals surface area contributed by atoms with Crippen molar-refractivity contribution in [3.05, 3.63) is 42.0 Å². The number of hydrogen-bond acceptors (Lipinski definition) is 6. The highest BCUT2D eigenvalue weighted by atomic mass is 16.1. The molecule has 0 aliphatic carbocycles. The minimum atomic E-state index is -0.503. The van der Waals surface area contributed by atoms with Gasteiger partial charge >= 0.3 is 0 Å². The normalized spacial score (nSPS) is 16.7. The lowest BCUT2D eigenvalue weighted by Gasteiger charge is -2.32. The lowest BCUT2D eigenvalue weighted by atomic mass is 10.1. The number of carbonyl (C=O) groups excluding carboxylic acids is 1. The SMILES string of the molecule is CCN(CC)c1ccc(Nc2nc(N3CCC[C@@H](N)C3)ccc2C(N)=O)cc1. The second kappa shape index (κ2) is 8.93. The Balaban J connectivity index is 1.85. The first-order chi connectivity index (χ1) is 13.5. The summed E-state index contributed by atoms with van der Waals surface area (Å²) in [4.78, 5) is 21.0. The van der Waals surface area contributed by atoms with Crippen LogP contribution in [0, 0.1) is 0 Å². The third kappa shape index (κ3) is 4.54. The van der Waals surface area contributed by atoms with Crippen LogP contribution in [0.15, 0.2) is 36.4 Å². The molecule has 2 aromatic rings. The highest BCUT2D eigenvalue weighted by molar-refractivity contribution is 5.98. The average molecular weight is 383 g/mol. The van der Waals surface area contributed by atoms with Gasteiger partial charge in [0.1, 0.15) is 11.6 Å². The van der Waals surface area contributed by atoms with Gasteiger partial charge in [-0.05, 0) is 63.1 Å². The van der Waals surface area contributed by atoms with Crippen LogP contribution in [-0.2, 0) is 0 Å². The molecule has 7 heteroatoms. The molecule has 150 valence electrons. The van der Waals surface area contributed by atoms with Gasteiger partial charge in [-0.25, -0.2) is 4.98 Å². The summed E-state index contributed by atoms with van der Waals surface area (Å²) in [6, 6.07) is 11.8. The Labute approximate surface area is 166 Å². The van der Waals surface area contributed by atoms with E-state index in [0.717, 1.165) is 56.2 Å². The Hall–Kier alpha value is -2.80. The highest BCUT2D eigenvalue weighted by Gasteiger charge is 2.20. The number of piperidine rings is 1. The Kier molecular flexibility index (Phi) is 6.36. The van der Waals surface area contributed by atoms with Gasteiger partial charge < -0.3 is 26.6 Å². The van der Waals surface area contributed by atoms with Gasteiger partial charge in [0.25, 0.3) is 5.91 Å². The van der Waals surface area contributed by atoms with Crippen LogP contribution in [0.25, 0.3) is 0 Å². The van der Waals surface area contributed by atoms with Crippen LogP contribution >= 0.6 is 0 Å². The number of primary amides is 1. The number of hydrogen-bond donors (Lipinski definition) is 3. The summed E-state index contributed by atoms with van der Waals surface area (Å²) in [6.07, 6.45) is 2.07. The number of nitrogens with two attached hydrogens (primary N) is 2. The Morgan fingerprint density at radius 3 is 2.54 bits per heavy atom. The van der Waals surface area contributed by atoms with Gasteiger partial charge in [0.15, 0.2) is 0 Å². The molecule has 0 spiro atoms. The summed E-state index contributed by atoms with van der Waals surface area (Å²) < 4.78 is 0. The van der Waals surface area contributed by atoms with Crippen LogP contribution in [-0.4, -0.2) is 43.1 Å². The van der Waals surface area contributed by atoms with E-state index in [1.54, 1.807) is 6.07 Å². The third-order valence-corrected chi connectivity index (χ3v) is 5.19. The van der Waals surface area contributed by atoms with E-state index in [9.17, 15) is 4.79 Å². The first-order valence-corrected chi connectivity index (χ1v) is 9.95. The predicted octanol–water partition coefficient (Wildman–Crippen LogP) is 2.70. The van der Waals surface area contributed by atoms with Gasteiger partial charge in [0.05, 0.1) is 5.56 Å². The summed E-state index contributed by atoms with van der Waals surface area (Å²) in [5.74, 6) is 0.777. The minimum absolute atomic E-state index is 0.149. The van der Waals surface area contributed by atoms with Gasteiger partial charge in [0, 0.05) is 43.6 Å². The maximum absolute atomic E-state index is 11.9. The van der Waals surface area contributed by atoms with Gasteiger partial charge in [-0.3, -0.25) is 4.79 Å². The average Bonchev–Trinajstić information content (AvgIpc) is 2.70. The van der Waals surface area contributed by atoms with Gasteiger partial charge in [-0.2, -0.15) is 0 Å². The van der Waals surface area contributed by atoms with E-state index < -0.39 is 5.91 Å². The number of carbonyl (C=O) groups is 1. The summed E-state index contributed by atoms with van der Waals surface area (Å²) in [7, 11) is 0. The highest BCUT2D eigenvalue weighted by Crippen LogP contribution is 2.26. The minimum Gasteiger partial charge on any atom is -0.372 e. The number of benzene rings is 1. The second-order valence-electron chi connectivity index (χ2n) is 7.12. The van der Waals surface area contributed by atoms with Crippen molar-refractivity contribution in [2.24, 2.45) is 11.5 Å². The van der Waals surface area contributed by atoms with Crippen molar-refractivity contribution in [3.63, 3.8) is 0 Å². The van der Waals surface area contributed by atoms with Crippen molar-refractivity contribution in [2.45, 2.75) is 32.7 Å². The first kappa shape index (κ1) is 19.9. The quantitative estimate of drug-likeness (QED) is 0.681. The molecule has 0 bridgehead atoms. The molecule has 28 heavy (non-hydrogen) atoms.